The number of amides is 2. The third-order valence-corrected chi connectivity index (χ3v) is 3.11. The Bertz CT molecular complexity index is 468. The van der Waals surface area contributed by atoms with E-state index in [1.165, 1.54) is 11.9 Å². The van der Waals surface area contributed by atoms with E-state index in [4.69, 9.17) is 0 Å². The lowest BCUT2D eigenvalue weighted by Gasteiger charge is -2.15. The lowest BCUT2D eigenvalue weighted by molar-refractivity contribution is -0.136. The smallest absolute Gasteiger partial charge is 0.251 e. The number of likely N-dealkylation sites (tertiary alicyclic amines) is 1. The highest BCUT2D eigenvalue weighted by Gasteiger charge is 2.35. The number of anilines is 2. The first-order valence-corrected chi connectivity index (χ1v) is 5.83. The van der Waals surface area contributed by atoms with Crippen LogP contribution in [0.1, 0.15) is 6.42 Å². The maximum atomic E-state index is 11.7. The minimum Gasteiger partial charge on any atom is -0.378 e. The molecule has 1 unspecified atom stereocenters. The van der Waals surface area contributed by atoms with Gasteiger partial charge in [0.05, 0.1) is 6.42 Å². The largest absolute Gasteiger partial charge is 0.378 e. The number of rotatable bonds is 3. The molecule has 1 saturated heterocycles. The van der Waals surface area contributed by atoms with E-state index < -0.39 is 6.04 Å². The zero-order chi connectivity index (χ0) is 13.3. The van der Waals surface area contributed by atoms with Crippen LogP contribution in [0.2, 0.25) is 0 Å². The summed E-state index contributed by atoms with van der Waals surface area (Å²) in [6, 6.07) is 7.31. The molecule has 5 heteroatoms. The van der Waals surface area contributed by atoms with Crippen LogP contribution in [0.3, 0.4) is 0 Å². The van der Waals surface area contributed by atoms with Gasteiger partial charge in [-0.1, -0.05) is 0 Å². The van der Waals surface area contributed by atoms with Crippen LogP contribution in [0.5, 0.6) is 0 Å². The Morgan fingerprint density at radius 2 is 1.83 bits per heavy atom. The van der Waals surface area contributed by atoms with Crippen LogP contribution >= 0.6 is 0 Å². The van der Waals surface area contributed by atoms with Gasteiger partial charge < -0.3 is 10.2 Å². The Morgan fingerprint density at radius 3 is 2.28 bits per heavy atom. The zero-order valence-electron chi connectivity index (χ0n) is 10.8. The predicted octanol–water partition coefficient (Wildman–Crippen LogP) is 0.922. The van der Waals surface area contributed by atoms with E-state index in [2.05, 4.69) is 5.32 Å². The molecule has 0 bridgehead atoms. The second-order valence-electron chi connectivity index (χ2n) is 4.63. The van der Waals surface area contributed by atoms with Gasteiger partial charge in [-0.15, -0.1) is 0 Å². The third kappa shape index (κ3) is 2.30. The summed E-state index contributed by atoms with van der Waals surface area (Å²) in [4.78, 5) is 26.3. The van der Waals surface area contributed by atoms with Crippen LogP contribution in [0.25, 0.3) is 0 Å². The molecule has 1 aromatic carbocycles. The number of likely N-dealkylation sites (N-methyl/N-ethyl adjacent to an activating group) is 1. The highest BCUT2D eigenvalue weighted by molar-refractivity contribution is 6.06. The molecular weight excluding hydrogens is 230 g/mol. The molecule has 1 atom stereocenters. The van der Waals surface area contributed by atoms with Gasteiger partial charge >= 0.3 is 0 Å². The Balaban J connectivity index is 2.06. The quantitative estimate of drug-likeness (QED) is 0.807. The molecular formula is C13H17N3O2. The second-order valence-corrected chi connectivity index (χ2v) is 4.63. The number of carbonyl (C=O) groups excluding carboxylic acids is 2. The summed E-state index contributed by atoms with van der Waals surface area (Å²) in [6.07, 6.45) is 0.227. The first-order chi connectivity index (χ1) is 8.49. The van der Waals surface area contributed by atoms with Gasteiger partial charge in [0, 0.05) is 32.5 Å². The molecule has 0 aromatic heterocycles. The van der Waals surface area contributed by atoms with Crippen molar-refractivity contribution in [2.75, 3.05) is 31.4 Å². The molecule has 1 aliphatic rings. The molecule has 2 rings (SSSR count). The molecule has 0 spiro atoms. The van der Waals surface area contributed by atoms with E-state index in [0.29, 0.717) is 0 Å². The van der Waals surface area contributed by atoms with E-state index in [9.17, 15) is 9.59 Å². The van der Waals surface area contributed by atoms with Crippen LogP contribution in [0, 0.1) is 0 Å². The van der Waals surface area contributed by atoms with Crippen molar-refractivity contribution in [3.8, 4) is 0 Å². The highest BCUT2D eigenvalue weighted by Crippen LogP contribution is 2.20. The zero-order valence-corrected chi connectivity index (χ0v) is 10.8. The number of hydrogen-bond donors (Lipinski definition) is 1. The Morgan fingerprint density at radius 1 is 1.22 bits per heavy atom. The number of carbonyl (C=O) groups is 2. The number of nitrogens with zero attached hydrogens (tertiary/aromatic N) is 2. The van der Waals surface area contributed by atoms with Crippen molar-refractivity contribution in [2.45, 2.75) is 12.5 Å². The number of hydrogen-bond acceptors (Lipinski definition) is 4. The number of nitrogens with one attached hydrogen (secondary N) is 1. The Hall–Kier alpha value is -2.04. The van der Waals surface area contributed by atoms with Crippen LogP contribution in [0.4, 0.5) is 11.4 Å². The van der Waals surface area contributed by atoms with Gasteiger partial charge in [-0.2, -0.15) is 0 Å². The summed E-state index contributed by atoms with van der Waals surface area (Å²) >= 11 is 0. The molecule has 2 amide bonds. The summed E-state index contributed by atoms with van der Waals surface area (Å²) in [7, 11) is 5.45. The fourth-order valence-corrected chi connectivity index (χ4v) is 1.93. The lowest BCUT2D eigenvalue weighted by atomic mass is 10.2. The van der Waals surface area contributed by atoms with E-state index in [0.717, 1.165) is 11.4 Å². The van der Waals surface area contributed by atoms with Crippen molar-refractivity contribution in [1.29, 1.82) is 0 Å². The normalized spacial score (nSPS) is 19.3. The van der Waals surface area contributed by atoms with Crippen molar-refractivity contribution in [3.63, 3.8) is 0 Å². The van der Waals surface area contributed by atoms with Crippen molar-refractivity contribution in [3.05, 3.63) is 24.3 Å². The maximum absolute atomic E-state index is 11.7. The highest BCUT2D eigenvalue weighted by atomic mass is 16.2. The minimum absolute atomic E-state index is 0.137. The second kappa shape index (κ2) is 4.68. The summed E-state index contributed by atoms with van der Waals surface area (Å²) in [5.74, 6) is -0.306. The van der Waals surface area contributed by atoms with Crippen molar-refractivity contribution < 1.29 is 9.59 Å². The first kappa shape index (κ1) is 12.4. The van der Waals surface area contributed by atoms with Crippen LogP contribution in [0.15, 0.2) is 24.3 Å². The van der Waals surface area contributed by atoms with Gasteiger partial charge in [0.15, 0.2) is 0 Å². The van der Waals surface area contributed by atoms with Gasteiger partial charge in [0.1, 0.15) is 6.04 Å². The van der Waals surface area contributed by atoms with E-state index >= 15 is 0 Å². The van der Waals surface area contributed by atoms with Gasteiger partial charge in [0.25, 0.3) is 5.91 Å². The van der Waals surface area contributed by atoms with E-state index in [-0.39, 0.29) is 18.2 Å². The number of benzene rings is 1. The van der Waals surface area contributed by atoms with Crippen LogP contribution in [-0.2, 0) is 9.59 Å². The predicted molar refractivity (Wildman–Crippen MR) is 70.6 cm³/mol. The lowest BCUT2D eigenvalue weighted by Crippen LogP contribution is -2.31. The van der Waals surface area contributed by atoms with Crippen molar-refractivity contribution >= 4 is 23.2 Å². The molecule has 0 aliphatic carbocycles. The molecule has 1 N–H and O–H groups in total. The molecule has 1 heterocycles. The molecule has 18 heavy (non-hydrogen) atoms. The third-order valence-electron chi connectivity index (χ3n) is 3.11. The summed E-state index contributed by atoms with van der Waals surface area (Å²) in [6.45, 7) is 0. The van der Waals surface area contributed by atoms with Crippen molar-refractivity contribution in [2.24, 2.45) is 0 Å². The molecule has 1 aliphatic heterocycles. The topological polar surface area (TPSA) is 52.7 Å². The molecule has 96 valence electrons. The average molecular weight is 247 g/mol. The summed E-state index contributed by atoms with van der Waals surface area (Å²) in [5, 5.41) is 3.09. The van der Waals surface area contributed by atoms with E-state index in [1.54, 1.807) is 0 Å². The monoisotopic (exact) mass is 247 g/mol. The fourth-order valence-electron chi connectivity index (χ4n) is 1.93. The minimum atomic E-state index is -0.437. The molecule has 0 radical (unpaired) electrons. The van der Waals surface area contributed by atoms with Crippen LogP contribution < -0.4 is 10.2 Å². The molecule has 1 aromatic rings. The fraction of sp³-hybridized carbons (Fsp3) is 0.385. The number of imide groups is 1. The standard InChI is InChI=1S/C13H17N3O2/c1-15(2)10-6-4-9(5-7-10)14-11-8-12(17)16(3)13(11)18/h4-7,11,14H,8H2,1-3H3. The van der Waals surface area contributed by atoms with Gasteiger partial charge in [-0.3, -0.25) is 14.5 Å². The average Bonchev–Trinajstić information content (AvgIpc) is 2.58. The van der Waals surface area contributed by atoms with Crippen molar-refractivity contribution in [1.82, 2.24) is 4.90 Å². The molecule has 5 nitrogen and oxygen atoms in total. The van der Waals surface area contributed by atoms with Crippen LogP contribution in [-0.4, -0.2) is 43.9 Å². The Kier molecular flexibility index (Phi) is 3.23. The van der Waals surface area contributed by atoms with Gasteiger partial charge in [-0.05, 0) is 24.3 Å². The van der Waals surface area contributed by atoms with Gasteiger partial charge in [0.2, 0.25) is 5.91 Å². The first-order valence-electron chi connectivity index (χ1n) is 5.83. The van der Waals surface area contributed by atoms with E-state index in [1.807, 2.05) is 43.3 Å². The summed E-state index contributed by atoms with van der Waals surface area (Å²) < 4.78 is 0. The maximum Gasteiger partial charge on any atom is 0.251 e. The SMILES string of the molecule is CN1C(=O)CC(Nc2ccc(N(C)C)cc2)C1=O. The van der Waals surface area contributed by atoms with Gasteiger partial charge in [-0.25, -0.2) is 0 Å². The molecule has 0 saturated carbocycles. The molecule has 1 fully saturated rings. The summed E-state index contributed by atoms with van der Waals surface area (Å²) in [5.41, 5.74) is 1.94. The Labute approximate surface area is 106 Å².